The lowest BCUT2D eigenvalue weighted by molar-refractivity contribution is 0.222. The topological polar surface area (TPSA) is 47.0 Å². The SMILES string of the molecule is C(=Cc1cncc(O[C@@H]2CCNC2)c1)c1ccncc1.Cl. The van der Waals surface area contributed by atoms with Gasteiger partial charge in [0.15, 0.2) is 0 Å². The predicted molar refractivity (Wildman–Crippen MR) is 86.6 cm³/mol. The second kappa shape index (κ2) is 7.76. The average Bonchev–Trinajstić information content (AvgIpc) is 3.00. The molecular formula is C16H18ClN3O. The summed E-state index contributed by atoms with van der Waals surface area (Å²) in [5.74, 6) is 0.829. The maximum absolute atomic E-state index is 5.90. The summed E-state index contributed by atoms with van der Waals surface area (Å²) in [7, 11) is 0. The lowest BCUT2D eigenvalue weighted by atomic mass is 10.2. The van der Waals surface area contributed by atoms with Gasteiger partial charge < -0.3 is 10.1 Å². The van der Waals surface area contributed by atoms with Crippen molar-refractivity contribution in [3.8, 4) is 5.75 Å². The summed E-state index contributed by atoms with van der Waals surface area (Å²) in [5.41, 5.74) is 2.15. The molecular weight excluding hydrogens is 286 g/mol. The predicted octanol–water partition coefficient (Wildman–Crippen LogP) is 2.81. The van der Waals surface area contributed by atoms with Crippen molar-refractivity contribution >= 4 is 24.6 Å². The van der Waals surface area contributed by atoms with Gasteiger partial charge in [-0.3, -0.25) is 9.97 Å². The van der Waals surface area contributed by atoms with Gasteiger partial charge in [0.25, 0.3) is 0 Å². The van der Waals surface area contributed by atoms with E-state index in [2.05, 4.69) is 15.3 Å². The van der Waals surface area contributed by atoms with Gasteiger partial charge in [-0.1, -0.05) is 12.2 Å². The minimum absolute atomic E-state index is 0. The monoisotopic (exact) mass is 303 g/mol. The second-order valence-corrected chi connectivity index (χ2v) is 4.80. The molecule has 0 aromatic carbocycles. The molecule has 2 aromatic heterocycles. The standard InChI is InChI=1S/C16H17N3O.ClH/c1(13-3-6-17-7-4-13)2-14-9-16(12-19-10-14)20-15-5-8-18-11-15;/h1-4,6-7,9-10,12,15,18H,5,8,11H2;1H/t15-;/m1./s1. The number of rotatable bonds is 4. The van der Waals surface area contributed by atoms with Gasteiger partial charge in [-0.25, -0.2) is 0 Å². The van der Waals surface area contributed by atoms with Gasteiger partial charge in [0.05, 0.1) is 6.20 Å². The van der Waals surface area contributed by atoms with Crippen LogP contribution in [0.1, 0.15) is 17.5 Å². The van der Waals surface area contributed by atoms with Gasteiger partial charge in [-0.2, -0.15) is 0 Å². The maximum atomic E-state index is 5.90. The molecule has 21 heavy (non-hydrogen) atoms. The molecule has 1 N–H and O–H groups in total. The van der Waals surface area contributed by atoms with E-state index in [0.717, 1.165) is 36.4 Å². The fraction of sp³-hybridized carbons (Fsp3) is 0.250. The lowest BCUT2D eigenvalue weighted by Crippen LogP contribution is -2.19. The molecule has 0 spiro atoms. The molecule has 1 fully saturated rings. The summed E-state index contributed by atoms with van der Waals surface area (Å²) < 4.78 is 5.90. The van der Waals surface area contributed by atoms with Crippen molar-refractivity contribution in [1.82, 2.24) is 15.3 Å². The highest BCUT2D eigenvalue weighted by Gasteiger charge is 2.15. The molecule has 0 amide bonds. The molecule has 1 aliphatic heterocycles. The Morgan fingerprint density at radius 3 is 2.67 bits per heavy atom. The van der Waals surface area contributed by atoms with Crippen molar-refractivity contribution in [1.29, 1.82) is 0 Å². The molecule has 0 bridgehead atoms. The smallest absolute Gasteiger partial charge is 0.138 e. The molecule has 5 heteroatoms. The van der Waals surface area contributed by atoms with Gasteiger partial charge in [0.1, 0.15) is 11.9 Å². The zero-order valence-corrected chi connectivity index (χ0v) is 12.4. The molecule has 2 aromatic rings. The van der Waals surface area contributed by atoms with Gasteiger partial charge >= 0.3 is 0 Å². The van der Waals surface area contributed by atoms with E-state index in [0.29, 0.717) is 0 Å². The van der Waals surface area contributed by atoms with E-state index in [4.69, 9.17) is 4.74 Å². The van der Waals surface area contributed by atoms with E-state index in [1.165, 1.54) is 0 Å². The van der Waals surface area contributed by atoms with Crippen molar-refractivity contribution in [2.75, 3.05) is 13.1 Å². The van der Waals surface area contributed by atoms with Gasteiger partial charge in [0.2, 0.25) is 0 Å². The van der Waals surface area contributed by atoms with Crippen LogP contribution in [0.4, 0.5) is 0 Å². The number of hydrogen-bond acceptors (Lipinski definition) is 4. The highest BCUT2D eigenvalue weighted by atomic mass is 35.5. The highest BCUT2D eigenvalue weighted by Crippen LogP contribution is 2.17. The molecule has 3 heterocycles. The van der Waals surface area contributed by atoms with Gasteiger partial charge in [0, 0.05) is 25.1 Å². The molecule has 0 saturated carbocycles. The molecule has 0 aliphatic carbocycles. The van der Waals surface area contributed by atoms with E-state index >= 15 is 0 Å². The van der Waals surface area contributed by atoms with Crippen LogP contribution in [0.5, 0.6) is 5.75 Å². The molecule has 1 aliphatic rings. The van der Waals surface area contributed by atoms with Gasteiger partial charge in [-0.15, -0.1) is 12.4 Å². The summed E-state index contributed by atoms with van der Waals surface area (Å²) in [6.07, 6.45) is 12.5. The van der Waals surface area contributed by atoms with Crippen molar-refractivity contribution in [3.63, 3.8) is 0 Å². The number of nitrogens with one attached hydrogen (secondary N) is 1. The van der Waals surface area contributed by atoms with Crippen molar-refractivity contribution < 1.29 is 4.74 Å². The molecule has 3 rings (SSSR count). The van der Waals surface area contributed by atoms with Crippen molar-refractivity contribution in [3.05, 3.63) is 54.1 Å². The van der Waals surface area contributed by atoms with Crippen LogP contribution in [0.3, 0.4) is 0 Å². The molecule has 0 radical (unpaired) electrons. The molecule has 4 nitrogen and oxygen atoms in total. The first-order chi connectivity index (χ1) is 9.90. The van der Waals surface area contributed by atoms with Crippen LogP contribution in [0, 0.1) is 0 Å². The van der Waals surface area contributed by atoms with Crippen LogP contribution in [-0.4, -0.2) is 29.2 Å². The normalized spacial score (nSPS) is 17.6. The Labute approximate surface area is 130 Å². The van der Waals surface area contributed by atoms with Crippen LogP contribution in [0.25, 0.3) is 12.2 Å². The Balaban J connectivity index is 0.00000161. The quantitative estimate of drug-likeness (QED) is 0.943. The Kier molecular flexibility index (Phi) is 5.72. The van der Waals surface area contributed by atoms with Crippen LogP contribution in [-0.2, 0) is 0 Å². The second-order valence-electron chi connectivity index (χ2n) is 4.80. The number of ether oxygens (including phenoxy) is 1. The molecule has 1 atom stereocenters. The molecule has 0 unspecified atom stereocenters. The summed E-state index contributed by atoms with van der Waals surface area (Å²) in [6, 6.07) is 5.95. The minimum atomic E-state index is 0. The first kappa shape index (κ1) is 15.5. The summed E-state index contributed by atoms with van der Waals surface area (Å²) in [6.45, 7) is 1.94. The lowest BCUT2D eigenvalue weighted by Gasteiger charge is -2.12. The fourth-order valence-corrected chi connectivity index (χ4v) is 2.18. The third-order valence-corrected chi connectivity index (χ3v) is 3.23. The number of nitrogens with zero attached hydrogens (tertiary/aromatic N) is 2. The Morgan fingerprint density at radius 1 is 1.10 bits per heavy atom. The Bertz CT molecular complexity index is 583. The number of hydrogen-bond donors (Lipinski definition) is 1. The largest absolute Gasteiger partial charge is 0.487 e. The van der Waals surface area contributed by atoms with E-state index in [1.54, 1.807) is 18.6 Å². The van der Waals surface area contributed by atoms with Crippen molar-refractivity contribution in [2.45, 2.75) is 12.5 Å². The van der Waals surface area contributed by atoms with E-state index in [1.807, 2.05) is 36.5 Å². The minimum Gasteiger partial charge on any atom is -0.487 e. The van der Waals surface area contributed by atoms with Crippen molar-refractivity contribution in [2.24, 2.45) is 0 Å². The first-order valence-corrected chi connectivity index (χ1v) is 6.81. The number of halogens is 1. The third-order valence-electron chi connectivity index (χ3n) is 3.23. The summed E-state index contributed by atoms with van der Waals surface area (Å²) in [4.78, 5) is 8.23. The summed E-state index contributed by atoms with van der Waals surface area (Å²) >= 11 is 0. The highest BCUT2D eigenvalue weighted by molar-refractivity contribution is 5.85. The Hall–Kier alpha value is -1.91. The molecule has 1 saturated heterocycles. The zero-order valence-electron chi connectivity index (χ0n) is 11.6. The summed E-state index contributed by atoms with van der Waals surface area (Å²) in [5, 5.41) is 3.29. The average molecular weight is 304 g/mol. The van der Waals surface area contributed by atoms with Crippen LogP contribution in [0.2, 0.25) is 0 Å². The zero-order chi connectivity index (χ0) is 13.6. The van der Waals surface area contributed by atoms with E-state index < -0.39 is 0 Å². The van der Waals surface area contributed by atoms with Crippen LogP contribution in [0.15, 0.2) is 43.0 Å². The van der Waals surface area contributed by atoms with E-state index in [9.17, 15) is 0 Å². The molecule has 110 valence electrons. The third kappa shape index (κ3) is 4.55. The number of pyridine rings is 2. The fourth-order valence-electron chi connectivity index (χ4n) is 2.18. The van der Waals surface area contributed by atoms with Crippen LogP contribution >= 0.6 is 12.4 Å². The Morgan fingerprint density at radius 2 is 1.90 bits per heavy atom. The first-order valence-electron chi connectivity index (χ1n) is 6.81. The van der Waals surface area contributed by atoms with E-state index in [-0.39, 0.29) is 18.5 Å². The van der Waals surface area contributed by atoms with Crippen LogP contribution < -0.4 is 10.1 Å². The maximum Gasteiger partial charge on any atom is 0.138 e. The number of aromatic nitrogens is 2. The van der Waals surface area contributed by atoms with Gasteiger partial charge in [-0.05, 0) is 42.3 Å².